The molecule has 1 aromatic rings. The van der Waals surface area contributed by atoms with Crippen LogP contribution in [0.1, 0.15) is 17.5 Å². The Morgan fingerprint density at radius 2 is 2.12 bits per heavy atom. The quantitative estimate of drug-likeness (QED) is 0.810. The molecule has 86 valence electrons. The molecular weight excluding hydrogens is 202 g/mol. The van der Waals surface area contributed by atoms with E-state index in [1.807, 2.05) is 31.2 Å². The Bertz CT molecular complexity index is 372. The van der Waals surface area contributed by atoms with Gasteiger partial charge in [0.15, 0.2) is 0 Å². The van der Waals surface area contributed by atoms with Crippen LogP contribution in [0.2, 0.25) is 0 Å². The van der Waals surface area contributed by atoms with E-state index < -0.39 is 0 Å². The van der Waals surface area contributed by atoms with Crippen molar-refractivity contribution < 1.29 is 9.90 Å². The number of aryl methyl sites for hydroxylation is 1. The third kappa shape index (κ3) is 2.61. The molecule has 1 aromatic carbocycles. The van der Waals surface area contributed by atoms with Gasteiger partial charge in [-0.25, -0.2) is 0 Å². The second kappa shape index (κ2) is 4.66. The van der Waals surface area contributed by atoms with Gasteiger partial charge in [0.25, 0.3) is 0 Å². The fraction of sp³-hybridized carbons (Fsp3) is 0.462. The van der Waals surface area contributed by atoms with E-state index in [1.165, 1.54) is 5.56 Å². The molecule has 0 spiro atoms. The number of amides is 1. The molecule has 0 saturated carbocycles. The summed E-state index contributed by atoms with van der Waals surface area (Å²) in [5.74, 6) is 0.111. The van der Waals surface area contributed by atoms with Crippen molar-refractivity contribution in [2.75, 3.05) is 13.1 Å². The lowest BCUT2D eigenvalue weighted by atomic mass is 10.1. The Hall–Kier alpha value is -1.35. The summed E-state index contributed by atoms with van der Waals surface area (Å²) in [7, 11) is 0. The van der Waals surface area contributed by atoms with E-state index in [9.17, 15) is 9.90 Å². The molecule has 1 aliphatic rings. The average molecular weight is 219 g/mol. The van der Waals surface area contributed by atoms with Gasteiger partial charge in [0.05, 0.1) is 12.5 Å². The smallest absolute Gasteiger partial charge is 0.227 e. The summed E-state index contributed by atoms with van der Waals surface area (Å²) < 4.78 is 0. The Morgan fingerprint density at radius 1 is 1.44 bits per heavy atom. The van der Waals surface area contributed by atoms with Gasteiger partial charge in [0, 0.05) is 13.1 Å². The molecule has 0 radical (unpaired) electrons. The van der Waals surface area contributed by atoms with Crippen molar-refractivity contribution >= 4 is 5.91 Å². The maximum atomic E-state index is 11.9. The predicted molar refractivity (Wildman–Crippen MR) is 62.1 cm³/mol. The van der Waals surface area contributed by atoms with Crippen LogP contribution in [0.3, 0.4) is 0 Å². The molecule has 1 fully saturated rings. The number of benzene rings is 1. The molecule has 2 rings (SSSR count). The highest BCUT2D eigenvalue weighted by Gasteiger charge is 2.24. The van der Waals surface area contributed by atoms with Gasteiger partial charge in [-0.1, -0.05) is 29.8 Å². The molecule has 0 bridgehead atoms. The number of aliphatic hydroxyl groups is 1. The number of β-amino-alcohol motifs (C(OH)–C–C–N with tert-alkyl or cyclic N) is 1. The molecule has 0 unspecified atom stereocenters. The lowest BCUT2D eigenvalue weighted by Crippen LogP contribution is -2.30. The highest BCUT2D eigenvalue weighted by Crippen LogP contribution is 2.12. The summed E-state index contributed by atoms with van der Waals surface area (Å²) in [4.78, 5) is 13.6. The van der Waals surface area contributed by atoms with Crippen molar-refractivity contribution in [3.63, 3.8) is 0 Å². The van der Waals surface area contributed by atoms with E-state index in [1.54, 1.807) is 4.90 Å². The van der Waals surface area contributed by atoms with Gasteiger partial charge in [0.1, 0.15) is 0 Å². The minimum absolute atomic E-state index is 0.111. The second-order valence-electron chi connectivity index (χ2n) is 4.44. The number of carbonyl (C=O) groups is 1. The predicted octanol–water partition coefficient (Wildman–Crippen LogP) is 1.13. The number of likely N-dealkylation sites (tertiary alicyclic amines) is 1. The molecule has 1 atom stereocenters. The van der Waals surface area contributed by atoms with Crippen LogP contribution >= 0.6 is 0 Å². The average Bonchev–Trinajstić information content (AvgIpc) is 2.68. The highest BCUT2D eigenvalue weighted by molar-refractivity contribution is 5.79. The lowest BCUT2D eigenvalue weighted by Gasteiger charge is -2.15. The first-order valence-corrected chi connectivity index (χ1v) is 5.66. The van der Waals surface area contributed by atoms with Crippen LogP contribution in [0.5, 0.6) is 0 Å². The summed E-state index contributed by atoms with van der Waals surface area (Å²) in [6.07, 6.45) is 0.814. The van der Waals surface area contributed by atoms with Gasteiger partial charge in [-0.05, 0) is 18.9 Å². The first-order chi connectivity index (χ1) is 7.65. The molecular formula is C13H17NO2. The van der Waals surface area contributed by atoms with Crippen molar-refractivity contribution in [1.29, 1.82) is 0 Å². The van der Waals surface area contributed by atoms with Crippen molar-refractivity contribution in [1.82, 2.24) is 4.90 Å². The zero-order valence-corrected chi connectivity index (χ0v) is 9.52. The third-order valence-electron chi connectivity index (χ3n) is 2.99. The van der Waals surface area contributed by atoms with Crippen LogP contribution in [0.4, 0.5) is 0 Å². The number of aliphatic hydroxyl groups excluding tert-OH is 1. The molecule has 1 heterocycles. The lowest BCUT2D eigenvalue weighted by molar-refractivity contribution is -0.129. The van der Waals surface area contributed by atoms with E-state index in [-0.39, 0.29) is 12.0 Å². The molecule has 1 amide bonds. The SMILES string of the molecule is Cc1ccc(CC(=O)N2CC[C@H](O)C2)cc1. The third-order valence-corrected chi connectivity index (χ3v) is 2.99. The van der Waals surface area contributed by atoms with Gasteiger partial charge < -0.3 is 10.0 Å². The Balaban J connectivity index is 1.94. The largest absolute Gasteiger partial charge is 0.391 e. The standard InChI is InChI=1S/C13H17NO2/c1-10-2-4-11(5-3-10)8-13(16)14-7-6-12(15)9-14/h2-5,12,15H,6-9H2,1H3/t12-/m0/s1. The molecule has 1 N–H and O–H groups in total. The Labute approximate surface area is 95.7 Å². The van der Waals surface area contributed by atoms with Crippen molar-refractivity contribution in [3.05, 3.63) is 35.4 Å². The number of carbonyl (C=O) groups excluding carboxylic acids is 1. The van der Waals surface area contributed by atoms with Crippen molar-refractivity contribution in [3.8, 4) is 0 Å². The van der Waals surface area contributed by atoms with E-state index in [4.69, 9.17) is 0 Å². The molecule has 1 aliphatic heterocycles. The van der Waals surface area contributed by atoms with Crippen molar-refractivity contribution in [2.24, 2.45) is 0 Å². The molecule has 1 saturated heterocycles. The minimum atomic E-state index is -0.332. The summed E-state index contributed by atoms with van der Waals surface area (Å²) >= 11 is 0. The first kappa shape index (κ1) is 11.1. The number of nitrogens with zero attached hydrogens (tertiary/aromatic N) is 1. The Morgan fingerprint density at radius 3 is 2.69 bits per heavy atom. The molecule has 0 aliphatic carbocycles. The monoisotopic (exact) mass is 219 g/mol. The number of rotatable bonds is 2. The van der Waals surface area contributed by atoms with E-state index in [0.717, 1.165) is 5.56 Å². The highest BCUT2D eigenvalue weighted by atomic mass is 16.3. The van der Waals surface area contributed by atoms with E-state index in [0.29, 0.717) is 25.9 Å². The molecule has 3 nitrogen and oxygen atoms in total. The number of hydrogen-bond donors (Lipinski definition) is 1. The van der Waals surface area contributed by atoms with Crippen LogP contribution in [-0.4, -0.2) is 35.1 Å². The van der Waals surface area contributed by atoms with Crippen LogP contribution < -0.4 is 0 Å². The summed E-state index contributed by atoms with van der Waals surface area (Å²) in [6.45, 7) is 3.21. The van der Waals surface area contributed by atoms with Gasteiger partial charge in [-0.15, -0.1) is 0 Å². The minimum Gasteiger partial charge on any atom is -0.391 e. The zero-order chi connectivity index (χ0) is 11.5. The fourth-order valence-electron chi connectivity index (χ4n) is 1.96. The van der Waals surface area contributed by atoms with Crippen LogP contribution in [0.15, 0.2) is 24.3 Å². The zero-order valence-electron chi connectivity index (χ0n) is 9.52. The Kier molecular flexibility index (Phi) is 3.25. The van der Waals surface area contributed by atoms with Gasteiger partial charge in [0.2, 0.25) is 5.91 Å². The maximum Gasteiger partial charge on any atom is 0.227 e. The number of hydrogen-bond acceptors (Lipinski definition) is 2. The van der Waals surface area contributed by atoms with E-state index >= 15 is 0 Å². The second-order valence-corrected chi connectivity index (χ2v) is 4.44. The molecule has 16 heavy (non-hydrogen) atoms. The van der Waals surface area contributed by atoms with Crippen LogP contribution in [-0.2, 0) is 11.2 Å². The molecule has 3 heteroatoms. The van der Waals surface area contributed by atoms with Gasteiger partial charge in [-0.3, -0.25) is 4.79 Å². The van der Waals surface area contributed by atoms with Crippen LogP contribution in [0, 0.1) is 6.92 Å². The topological polar surface area (TPSA) is 40.5 Å². The first-order valence-electron chi connectivity index (χ1n) is 5.66. The van der Waals surface area contributed by atoms with Crippen molar-refractivity contribution in [2.45, 2.75) is 25.9 Å². The van der Waals surface area contributed by atoms with E-state index in [2.05, 4.69) is 0 Å². The summed E-state index contributed by atoms with van der Waals surface area (Å²) in [5, 5.41) is 9.36. The normalized spacial score (nSPS) is 20.1. The summed E-state index contributed by atoms with van der Waals surface area (Å²) in [6, 6.07) is 8.00. The van der Waals surface area contributed by atoms with Gasteiger partial charge >= 0.3 is 0 Å². The van der Waals surface area contributed by atoms with Crippen LogP contribution in [0.25, 0.3) is 0 Å². The summed E-state index contributed by atoms with van der Waals surface area (Å²) in [5.41, 5.74) is 2.24. The maximum absolute atomic E-state index is 11.9. The molecule has 0 aromatic heterocycles. The fourth-order valence-corrected chi connectivity index (χ4v) is 1.96. The van der Waals surface area contributed by atoms with Gasteiger partial charge in [-0.2, -0.15) is 0 Å².